The lowest BCUT2D eigenvalue weighted by Crippen LogP contribution is -1.95. The second-order valence-corrected chi connectivity index (χ2v) is 14.4. The molecule has 0 atom stereocenters. The van der Waals surface area contributed by atoms with Gasteiger partial charge < -0.3 is 0 Å². The van der Waals surface area contributed by atoms with Crippen LogP contribution >= 0.6 is 11.3 Å². The Bertz CT molecular complexity index is 2930. The van der Waals surface area contributed by atoms with Gasteiger partial charge in [0.25, 0.3) is 0 Å². The van der Waals surface area contributed by atoms with E-state index in [1.165, 1.54) is 64.3 Å². The summed E-state index contributed by atoms with van der Waals surface area (Å²) in [5.41, 5.74) is 14.0. The summed E-state index contributed by atoms with van der Waals surface area (Å²) in [4.78, 5) is 5.38. The van der Waals surface area contributed by atoms with Crippen molar-refractivity contribution < 1.29 is 0 Å². The highest BCUT2D eigenvalue weighted by molar-refractivity contribution is 7.26. The third-order valence-corrected chi connectivity index (χ3v) is 11.3. The van der Waals surface area contributed by atoms with E-state index in [2.05, 4.69) is 176 Å². The summed E-state index contributed by atoms with van der Waals surface area (Å²) in [6.45, 7) is 4.39. The Kier molecular flexibility index (Phi) is 6.52. The number of nitrogens with zero attached hydrogens (tertiary/aromatic N) is 2. The van der Waals surface area contributed by atoms with Crippen molar-refractivity contribution in [1.29, 1.82) is 0 Å². The molecule has 3 heterocycles. The van der Waals surface area contributed by atoms with Crippen molar-refractivity contribution in [3.63, 3.8) is 0 Å². The Morgan fingerprint density at radius 1 is 0.460 bits per heavy atom. The number of pyridine rings is 1. The number of hydrogen-bond donors (Lipinski definition) is 0. The summed E-state index contributed by atoms with van der Waals surface area (Å²) in [6.07, 6.45) is 0. The summed E-state index contributed by atoms with van der Waals surface area (Å²) >= 11 is 1.90. The van der Waals surface area contributed by atoms with Gasteiger partial charge in [-0.1, -0.05) is 121 Å². The standard InChI is InChI=1S/C47H32N2S/c1-29-20-23-43-40(24-29)41-26-30(2)25-38(46(41)50-43)35-17-11-16-33(27-35)34-21-22-42-39(28-34)36-18-9-10-19-37(36)47-48-44(31-12-5-3-6-13-31)45(49(42)47)32-14-7-4-8-15-32/h3-28H,1-2H3. The molecule has 236 valence electrons. The van der Waals surface area contributed by atoms with E-state index >= 15 is 0 Å². The van der Waals surface area contributed by atoms with Crippen LogP contribution in [0.15, 0.2) is 158 Å². The predicted molar refractivity (Wildman–Crippen MR) is 214 cm³/mol. The highest BCUT2D eigenvalue weighted by atomic mass is 32.1. The van der Waals surface area contributed by atoms with E-state index in [-0.39, 0.29) is 0 Å². The molecular weight excluding hydrogens is 625 g/mol. The maximum atomic E-state index is 5.38. The minimum absolute atomic E-state index is 0.975. The molecule has 0 spiro atoms. The van der Waals surface area contributed by atoms with Gasteiger partial charge in [-0.2, -0.15) is 0 Å². The smallest absolute Gasteiger partial charge is 0.146 e. The second-order valence-electron chi connectivity index (χ2n) is 13.3. The number of aryl methyl sites for hydroxylation is 2. The summed E-state index contributed by atoms with van der Waals surface area (Å²) in [6, 6.07) is 57.5. The molecule has 7 aromatic carbocycles. The Labute approximate surface area is 294 Å². The molecule has 0 unspecified atom stereocenters. The van der Waals surface area contributed by atoms with Crippen LogP contribution in [0.25, 0.3) is 92.3 Å². The first kappa shape index (κ1) is 28.9. The number of thiophene rings is 1. The van der Waals surface area contributed by atoms with Crippen LogP contribution < -0.4 is 0 Å². The molecule has 3 aromatic heterocycles. The second kappa shape index (κ2) is 11.3. The molecule has 0 aliphatic heterocycles. The van der Waals surface area contributed by atoms with E-state index in [0.717, 1.165) is 39.1 Å². The van der Waals surface area contributed by atoms with Crippen LogP contribution in [0.5, 0.6) is 0 Å². The molecule has 0 bridgehead atoms. The largest absolute Gasteiger partial charge is 0.291 e. The zero-order chi connectivity index (χ0) is 33.3. The van der Waals surface area contributed by atoms with Crippen molar-refractivity contribution in [1.82, 2.24) is 9.38 Å². The quantitative estimate of drug-likeness (QED) is 0.172. The van der Waals surface area contributed by atoms with Gasteiger partial charge in [0.1, 0.15) is 5.65 Å². The van der Waals surface area contributed by atoms with Gasteiger partial charge >= 0.3 is 0 Å². The van der Waals surface area contributed by atoms with Gasteiger partial charge in [-0.25, -0.2) is 4.98 Å². The highest BCUT2D eigenvalue weighted by Crippen LogP contribution is 2.43. The monoisotopic (exact) mass is 656 g/mol. The molecule has 0 amide bonds. The fraction of sp³-hybridized carbons (Fsp3) is 0.0426. The minimum Gasteiger partial charge on any atom is -0.291 e. The van der Waals surface area contributed by atoms with E-state index in [0.29, 0.717) is 0 Å². The first-order valence-corrected chi connectivity index (χ1v) is 17.9. The lowest BCUT2D eigenvalue weighted by atomic mass is 9.95. The van der Waals surface area contributed by atoms with E-state index < -0.39 is 0 Å². The number of imidazole rings is 1. The van der Waals surface area contributed by atoms with Crippen molar-refractivity contribution in [2.45, 2.75) is 13.8 Å². The van der Waals surface area contributed by atoms with E-state index in [1.807, 2.05) is 11.3 Å². The van der Waals surface area contributed by atoms with Crippen molar-refractivity contribution >= 4 is 58.8 Å². The SMILES string of the molecule is Cc1ccc2sc3c(-c4cccc(-c5ccc6c(c5)c5ccccc5c5nc(-c7ccccc7)c(-c7ccccc7)n65)c4)cc(C)cc3c2c1. The van der Waals surface area contributed by atoms with E-state index in [4.69, 9.17) is 4.98 Å². The summed E-state index contributed by atoms with van der Waals surface area (Å²) in [7, 11) is 0. The van der Waals surface area contributed by atoms with Crippen LogP contribution in [0.2, 0.25) is 0 Å². The lowest BCUT2D eigenvalue weighted by molar-refractivity contribution is 1.27. The molecule has 0 saturated heterocycles. The summed E-state index contributed by atoms with van der Waals surface area (Å²) < 4.78 is 5.07. The summed E-state index contributed by atoms with van der Waals surface area (Å²) in [5, 5.41) is 6.26. The maximum absolute atomic E-state index is 5.38. The zero-order valence-corrected chi connectivity index (χ0v) is 28.6. The molecule has 2 nitrogen and oxygen atoms in total. The minimum atomic E-state index is 0.975. The average Bonchev–Trinajstić information content (AvgIpc) is 3.75. The van der Waals surface area contributed by atoms with Crippen molar-refractivity contribution in [3.05, 3.63) is 169 Å². The number of hydrogen-bond acceptors (Lipinski definition) is 2. The maximum Gasteiger partial charge on any atom is 0.146 e. The lowest BCUT2D eigenvalue weighted by Gasteiger charge is -2.14. The van der Waals surface area contributed by atoms with Gasteiger partial charge in [0.2, 0.25) is 0 Å². The molecule has 10 aromatic rings. The first-order chi connectivity index (χ1) is 24.6. The van der Waals surface area contributed by atoms with Crippen LogP contribution in [0.1, 0.15) is 11.1 Å². The molecule has 0 N–H and O–H groups in total. The Morgan fingerprint density at radius 2 is 1.14 bits per heavy atom. The zero-order valence-electron chi connectivity index (χ0n) is 27.8. The topological polar surface area (TPSA) is 17.3 Å². The number of fused-ring (bicyclic) bond motifs is 9. The van der Waals surface area contributed by atoms with Gasteiger partial charge in [0.05, 0.1) is 16.9 Å². The normalized spacial score (nSPS) is 11.8. The van der Waals surface area contributed by atoms with E-state index in [1.54, 1.807) is 0 Å². The molecular formula is C47H32N2S. The van der Waals surface area contributed by atoms with Crippen LogP contribution in [0.4, 0.5) is 0 Å². The molecule has 50 heavy (non-hydrogen) atoms. The average molecular weight is 657 g/mol. The number of rotatable bonds is 4. The van der Waals surface area contributed by atoms with Gasteiger partial charge in [0, 0.05) is 42.1 Å². The molecule has 0 aliphatic carbocycles. The molecule has 0 fully saturated rings. The molecule has 0 radical (unpaired) electrons. The summed E-state index contributed by atoms with van der Waals surface area (Å²) in [5.74, 6) is 0. The highest BCUT2D eigenvalue weighted by Gasteiger charge is 2.21. The van der Waals surface area contributed by atoms with Crippen LogP contribution in [-0.4, -0.2) is 9.38 Å². The fourth-order valence-corrected chi connectivity index (χ4v) is 8.95. The van der Waals surface area contributed by atoms with E-state index in [9.17, 15) is 0 Å². The van der Waals surface area contributed by atoms with Gasteiger partial charge in [0.15, 0.2) is 0 Å². The van der Waals surface area contributed by atoms with Crippen LogP contribution in [0.3, 0.4) is 0 Å². The predicted octanol–water partition coefficient (Wildman–Crippen LogP) is 13.3. The van der Waals surface area contributed by atoms with Crippen molar-refractivity contribution in [2.24, 2.45) is 0 Å². The Morgan fingerprint density at radius 3 is 1.96 bits per heavy atom. The van der Waals surface area contributed by atoms with Gasteiger partial charge in [-0.3, -0.25) is 4.40 Å². The van der Waals surface area contributed by atoms with Gasteiger partial charge in [-0.15, -0.1) is 11.3 Å². The number of aromatic nitrogens is 2. The van der Waals surface area contributed by atoms with Crippen molar-refractivity contribution in [3.8, 4) is 44.8 Å². The molecule has 3 heteroatoms. The Hall–Kier alpha value is -6.03. The van der Waals surface area contributed by atoms with Crippen molar-refractivity contribution in [2.75, 3.05) is 0 Å². The fourth-order valence-electron chi connectivity index (χ4n) is 7.75. The van der Waals surface area contributed by atoms with Gasteiger partial charge in [-0.05, 0) is 89.5 Å². The molecule has 0 aliphatic rings. The first-order valence-electron chi connectivity index (χ1n) is 17.1. The van der Waals surface area contributed by atoms with Crippen LogP contribution in [0, 0.1) is 13.8 Å². The number of benzene rings is 7. The van der Waals surface area contributed by atoms with Crippen LogP contribution in [-0.2, 0) is 0 Å². The third kappa shape index (κ3) is 4.51. The third-order valence-electron chi connectivity index (χ3n) is 10.0. The molecule has 0 saturated carbocycles. The Balaban J connectivity index is 1.21. The molecule has 10 rings (SSSR count).